The highest BCUT2D eigenvalue weighted by Crippen LogP contribution is 2.29. The monoisotopic (exact) mass is 254 g/mol. The number of nitrogens with zero attached hydrogens (tertiary/aromatic N) is 1. The molecule has 3 nitrogen and oxygen atoms in total. The number of hydrogen-bond acceptors (Lipinski definition) is 3. The summed E-state index contributed by atoms with van der Waals surface area (Å²) in [5, 5.41) is 0. The molecule has 0 amide bonds. The number of ether oxygens (including phenoxy) is 1. The molecule has 0 atom stereocenters. The van der Waals surface area contributed by atoms with Crippen LogP contribution in [-0.2, 0) is 13.1 Å². The Labute approximate surface area is 113 Å². The van der Waals surface area contributed by atoms with Gasteiger partial charge in [0.15, 0.2) is 0 Å². The lowest BCUT2D eigenvalue weighted by atomic mass is 10.1. The molecule has 0 aromatic heterocycles. The van der Waals surface area contributed by atoms with Gasteiger partial charge in [-0.05, 0) is 11.6 Å². The largest absolute Gasteiger partial charge is 0.490 e. The first-order chi connectivity index (χ1) is 9.33. The minimum Gasteiger partial charge on any atom is -0.490 e. The van der Waals surface area contributed by atoms with E-state index in [1.54, 1.807) is 0 Å². The number of anilines is 1. The third-order valence-corrected chi connectivity index (χ3v) is 3.42. The van der Waals surface area contributed by atoms with E-state index >= 15 is 0 Å². The fraction of sp³-hybridized carbons (Fsp3) is 0.250. The van der Waals surface area contributed by atoms with E-state index in [4.69, 9.17) is 10.5 Å². The maximum Gasteiger partial charge on any atom is 0.146 e. The third kappa shape index (κ3) is 2.71. The van der Waals surface area contributed by atoms with Crippen LogP contribution in [-0.4, -0.2) is 18.1 Å². The Kier molecular flexibility index (Phi) is 3.38. The van der Waals surface area contributed by atoms with Crippen molar-refractivity contribution in [2.45, 2.75) is 13.1 Å². The molecule has 0 spiro atoms. The molecule has 98 valence electrons. The summed E-state index contributed by atoms with van der Waals surface area (Å²) in [7, 11) is 0. The zero-order valence-electron chi connectivity index (χ0n) is 10.9. The number of hydrogen-bond donors (Lipinski definition) is 1. The number of rotatable bonds is 2. The predicted octanol–water partition coefficient (Wildman–Crippen LogP) is 2.66. The molecule has 1 aliphatic rings. The highest BCUT2D eigenvalue weighted by atomic mass is 16.5. The van der Waals surface area contributed by atoms with Gasteiger partial charge in [-0.1, -0.05) is 42.5 Å². The fourth-order valence-electron chi connectivity index (χ4n) is 2.48. The van der Waals surface area contributed by atoms with Gasteiger partial charge in [0.05, 0.1) is 5.69 Å². The number of nitrogens with two attached hydrogens (primary N) is 1. The molecule has 1 aliphatic heterocycles. The lowest BCUT2D eigenvalue weighted by molar-refractivity contribution is 0.220. The summed E-state index contributed by atoms with van der Waals surface area (Å²) in [6.07, 6.45) is 0. The molecule has 0 aliphatic carbocycles. The minimum atomic E-state index is 0.689. The van der Waals surface area contributed by atoms with Crippen LogP contribution < -0.4 is 10.5 Å². The van der Waals surface area contributed by atoms with Gasteiger partial charge in [-0.25, -0.2) is 0 Å². The first-order valence-electron chi connectivity index (χ1n) is 6.59. The van der Waals surface area contributed by atoms with Crippen molar-refractivity contribution >= 4 is 5.69 Å². The number of fused-ring (bicyclic) bond motifs is 1. The highest BCUT2D eigenvalue weighted by molar-refractivity contribution is 5.57. The lowest BCUT2D eigenvalue weighted by Crippen LogP contribution is -2.25. The smallest absolute Gasteiger partial charge is 0.146 e. The Morgan fingerprint density at radius 2 is 1.89 bits per heavy atom. The van der Waals surface area contributed by atoms with Gasteiger partial charge >= 0.3 is 0 Å². The topological polar surface area (TPSA) is 38.5 Å². The summed E-state index contributed by atoms with van der Waals surface area (Å²) >= 11 is 0. The van der Waals surface area contributed by atoms with E-state index < -0.39 is 0 Å². The first-order valence-corrected chi connectivity index (χ1v) is 6.59. The maximum absolute atomic E-state index is 5.97. The number of nitrogen functional groups attached to an aromatic ring is 1. The van der Waals surface area contributed by atoms with E-state index in [2.05, 4.69) is 35.2 Å². The van der Waals surface area contributed by atoms with E-state index in [9.17, 15) is 0 Å². The van der Waals surface area contributed by atoms with Crippen LogP contribution >= 0.6 is 0 Å². The molecule has 19 heavy (non-hydrogen) atoms. The zero-order valence-corrected chi connectivity index (χ0v) is 10.9. The molecule has 3 rings (SSSR count). The Balaban J connectivity index is 1.79. The maximum atomic E-state index is 5.97. The van der Waals surface area contributed by atoms with E-state index in [1.165, 1.54) is 11.1 Å². The summed E-state index contributed by atoms with van der Waals surface area (Å²) in [6.45, 7) is 3.44. The van der Waals surface area contributed by atoms with Crippen molar-refractivity contribution in [3.8, 4) is 5.75 Å². The van der Waals surface area contributed by atoms with Gasteiger partial charge in [0.25, 0.3) is 0 Å². The molecule has 3 heteroatoms. The van der Waals surface area contributed by atoms with Crippen LogP contribution in [0.25, 0.3) is 0 Å². The second kappa shape index (κ2) is 5.33. The summed E-state index contributed by atoms with van der Waals surface area (Å²) in [5.74, 6) is 0.859. The van der Waals surface area contributed by atoms with Gasteiger partial charge in [-0.3, -0.25) is 4.90 Å². The molecule has 0 bridgehead atoms. The molecule has 0 radical (unpaired) electrons. The average Bonchev–Trinajstić information content (AvgIpc) is 2.63. The van der Waals surface area contributed by atoms with Gasteiger partial charge in [0.2, 0.25) is 0 Å². The number of para-hydroxylation sites is 1. The highest BCUT2D eigenvalue weighted by Gasteiger charge is 2.16. The van der Waals surface area contributed by atoms with Crippen molar-refractivity contribution in [2.75, 3.05) is 18.9 Å². The quantitative estimate of drug-likeness (QED) is 0.837. The van der Waals surface area contributed by atoms with Gasteiger partial charge in [0.1, 0.15) is 12.4 Å². The predicted molar refractivity (Wildman–Crippen MR) is 76.9 cm³/mol. The normalized spacial score (nSPS) is 15.4. The van der Waals surface area contributed by atoms with E-state index in [0.29, 0.717) is 6.61 Å². The van der Waals surface area contributed by atoms with Gasteiger partial charge < -0.3 is 10.5 Å². The van der Waals surface area contributed by atoms with Crippen LogP contribution in [0.2, 0.25) is 0 Å². The first kappa shape index (κ1) is 12.1. The van der Waals surface area contributed by atoms with Crippen LogP contribution in [0.15, 0.2) is 48.5 Å². The molecular formula is C16H18N2O. The van der Waals surface area contributed by atoms with Crippen molar-refractivity contribution in [2.24, 2.45) is 0 Å². The van der Waals surface area contributed by atoms with E-state index in [0.717, 1.165) is 31.1 Å². The van der Waals surface area contributed by atoms with Crippen molar-refractivity contribution in [1.29, 1.82) is 0 Å². The average molecular weight is 254 g/mol. The van der Waals surface area contributed by atoms with Gasteiger partial charge in [-0.15, -0.1) is 0 Å². The zero-order chi connectivity index (χ0) is 13.1. The van der Waals surface area contributed by atoms with Crippen LogP contribution in [0.5, 0.6) is 5.75 Å². The van der Waals surface area contributed by atoms with E-state index in [1.807, 2.05) is 18.2 Å². The van der Waals surface area contributed by atoms with Crippen molar-refractivity contribution in [3.63, 3.8) is 0 Å². The standard InChI is InChI=1S/C16H18N2O/c17-15-8-4-7-14-12-18(9-10-19-16(14)15)11-13-5-2-1-3-6-13/h1-8H,9-12,17H2. The summed E-state index contributed by atoms with van der Waals surface area (Å²) < 4.78 is 5.78. The molecule has 1 heterocycles. The second-order valence-corrected chi connectivity index (χ2v) is 4.88. The molecule has 2 aromatic rings. The SMILES string of the molecule is Nc1cccc2c1OCCN(Cc1ccccc1)C2. The fourth-order valence-corrected chi connectivity index (χ4v) is 2.48. The molecule has 0 saturated heterocycles. The number of benzene rings is 2. The Morgan fingerprint density at radius 3 is 2.74 bits per heavy atom. The van der Waals surface area contributed by atoms with E-state index in [-0.39, 0.29) is 0 Å². The Hall–Kier alpha value is -2.00. The molecule has 0 unspecified atom stereocenters. The van der Waals surface area contributed by atoms with Gasteiger partial charge in [-0.2, -0.15) is 0 Å². The second-order valence-electron chi connectivity index (χ2n) is 4.88. The molecule has 2 aromatic carbocycles. The molecule has 0 fully saturated rings. The summed E-state index contributed by atoms with van der Waals surface area (Å²) in [6, 6.07) is 16.5. The molecule has 2 N–H and O–H groups in total. The van der Waals surface area contributed by atoms with Crippen molar-refractivity contribution < 1.29 is 4.74 Å². The Morgan fingerprint density at radius 1 is 1.05 bits per heavy atom. The third-order valence-electron chi connectivity index (χ3n) is 3.42. The van der Waals surface area contributed by atoms with Gasteiger partial charge in [0, 0.05) is 25.2 Å². The van der Waals surface area contributed by atoms with Crippen LogP contribution in [0.3, 0.4) is 0 Å². The van der Waals surface area contributed by atoms with Crippen molar-refractivity contribution in [3.05, 3.63) is 59.7 Å². The Bertz CT molecular complexity index is 554. The molecular weight excluding hydrogens is 236 g/mol. The van der Waals surface area contributed by atoms with Crippen molar-refractivity contribution in [1.82, 2.24) is 4.90 Å². The van der Waals surface area contributed by atoms with Crippen LogP contribution in [0.1, 0.15) is 11.1 Å². The van der Waals surface area contributed by atoms with Crippen LogP contribution in [0.4, 0.5) is 5.69 Å². The summed E-state index contributed by atoms with van der Waals surface area (Å²) in [5.41, 5.74) is 9.20. The minimum absolute atomic E-state index is 0.689. The lowest BCUT2D eigenvalue weighted by Gasteiger charge is -2.19. The molecule has 0 saturated carbocycles. The summed E-state index contributed by atoms with van der Waals surface area (Å²) in [4.78, 5) is 2.39. The van der Waals surface area contributed by atoms with Crippen LogP contribution in [0, 0.1) is 0 Å².